The molecule has 0 fully saturated rings. The molecule has 4 rings (SSSR count). The van der Waals surface area contributed by atoms with E-state index in [-0.39, 0.29) is 0 Å². The minimum Gasteiger partial charge on any atom is -0.467 e. The molecule has 0 bridgehead atoms. The van der Waals surface area contributed by atoms with Gasteiger partial charge in [0, 0.05) is 5.56 Å². The molecule has 3 aromatic heterocycles. The van der Waals surface area contributed by atoms with Crippen LogP contribution in [-0.4, -0.2) is 24.1 Å². The Balaban J connectivity index is 1.75. The molecule has 0 aliphatic rings. The molecule has 0 atom stereocenters. The van der Waals surface area contributed by atoms with Crippen LogP contribution in [0.3, 0.4) is 0 Å². The van der Waals surface area contributed by atoms with Crippen molar-refractivity contribution in [2.45, 2.75) is 29.9 Å². The van der Waals surface area contributed by atoms with Crippen molar-refractivity contribution >= 4 is 23.3 Å². The van der Waals surface area contributed by atoms with Crippen LogP contribution in [0.25, 0.3) is 11.4 Å². The molecule has 0 aliphatic heterocycles. The van der Waals surface area contributed by atoms with Crippen molar-refractivity contribution in [3.63, 3.8) is 0 Å². The summed E-state index contributed by atoms with van der Waals surface area (Å²) in [5.74, 6) is 2.43. The molecule has 126 valence electrons. The molecule has 0 amide bonds. The fraction of sp³-hybridized carbons (Fsp3) is 0.176. The zero-order valence-corrected chi connectivity index (χ0v) is 15.3. The number of hydrogen-bond donors (Lipinski definition) is 0. The Kier molecular flexibility index (Phi) is 4.37. The average Bonchev–Trinajstić information content (AvgIpc) is 3.32. The number of hydrogen-bond acceptors (Lipinski definition) is 7. The van der Waals surface area contributed by atoms with Gasteiger partial charge in [-0.25, -0.2) is 4.98 Å². The Morgan fingerprint density at radius 2 is 2.08 bits per heavy atom. The third-order valence-electron chi connectivity index (χ3n) is 3.57. The molecule has 1 aromatic carbocycles. The number of aryl methyl sites for hydroxylation is 2. The molecule has 0 spiro atoms. The van der Waals surface area contributed by atoms with Gasteiger partial charge in [-0.05, 0) is 55.3 Å². The summed E-state index contributed by atoms with van der Waals surface area (Å²) in [7, 11) is 0. The SMILES string of the molecule is Cc1cccc(-c2nnc(Sc3nc(C)ns3)n2Cc2ccco2)c1. The van der Waals surface area contributed by atoms with E-state index in [0.29, 0.717) is 6.54 Å². The summed E-state index contributed by atoms with van der Waals surface area (Å²) in [6, 6.07) is 12.1. The lowest BCUT2D eigenvalue weighted by Gasteiger charge is -2.08. The number of furan rings is 1. The maximum absolute atomic E-state index is 5.52. The van der Waals surface area contributed by atoms with Crippen molar-refractivity contribution in [3.05, 3.63) is 59.8 Å². The van der Waals surface area contributed by atoms with Crippen LogP contribution in [0.1, 0.15) is 17.1 Å². The first-order valence-electron chi connectivity index (χ1n) is 7.70. The minimum atomic E-state index is 0.559. The molecule has 0 saturated heterocycles. The highest BCUT2D eigenvalue weighted by Crippen LogP contribution is 2.31. The van der Waals surface area contributed by atoms with E-state index in [4.69, 9.17) is 4.42 Å². The first kappa shape index (κ1) is 16.0. The van der Waals surface area contributed by atoms with E-state index >= 15 is 0 Å². The molecule has 6 nitrogen and oxygen atoms in total. The van der Waals surface area contributed by atoms with Crippen molar-refractivity contribution in [2.75, 3.05) is 0 Å². The van der Waals surface area contributed by atoms with Gasteiger partial charge in [-0.3, -0.25) is 4.57 Å². The second-order valence-electron chi connectivity index (χ2n) is 5.55. The van der Waals surface area contributed by atoms with Crippen molar-refractivity contribution in [1.29, 1.82) is 0 Å². The molecular weight excluding hydrogens is 354 g/mol. The predicted molar refractivity (Wildman–Crippen MR) is 96.8 cm³/mol. The molecule has 8 heteroatoms. The monoisotopic (exact) mass is 369 g/mol. The highest BCUT2D eigenvalue weighted by atomic mass is 32.2. The molecule has 25 heavy (non-hydrogen) atoms. The third-order valence-corrected chi connectivity index (χ3v) is 5.40. The molecular formula is C17H15N5OS2. The van der Waals surface area contributed by atoms with Gasteiger partial charge in [0.05, 0.1) is 12.8 Å². The van der Waals surface area contributed by atoms with Gasteiger partial charge in [-0.1, -0.05) is 23.8 Å². The third kappa shape index (κ3) is 3.49. The summed E-state index contributed by atoms with van der Waals surface area (Å²) in [4.78, 5) is 4.41. The maximum atomic E-state index is 5.52. The fourth-order valence-corrected chi connectivity index (χ4v) is 4.05. The smallest absolute Gasteiger partial charge is 0.199 e. The first-order chi connectivity index (χ1) is 12.2. The van der Waals surface area contributed by atoms with E-state index < -0.39 is 0 Å². The Bertz CT molecular complexity index is 990. The standard InChI is InChI=1S/C17H15N5OS2/c1-11-5-3-6-13(9-11)15-19-20-16(24-17-18-12(2)21-25-17)22(15)10-14-7-4-8-23-14/h3-9H,10H2,1-2H3. The summed E-state index contributed by atoms with van der Waals surface area (Å²) < 4.78 is 12.6. The lowest BCUT2D eigenvalue weighted by molar-refractivity contribution is 0.485. The van der Waals surface area contributed by atoms with Crippen LogP contribution < -0.4 is 0 Å². The number of nitrogens with zero attached hydrogens (tertiary/aromatic N) is 5. The quantitative estimate of drug-likeness (QED) is 0.525. The second kappa shape index (κ2) is 6.81. The Morgan fingerprint density at radius 3 is 2.80 bits per heavy atom. The van der Waals surface area contributed by atoms with E-state index in [2.05, 4.69) is 43.2 Å². The van der Waals surface area contributed by atoms with E-state index in [1.54, 1.807) is 6.26 Å². The van der Waals surface area contributed by atoms with Gasteiger partial charge < -0.3 is 4.42 Å². The van der Waals surface area contributed by atoms with Gasteiger partial charge in [-0.2, -0.15) is 4.37 Å². The lowest BCUT2D eigenvalue weighted by Crippen LogP contribution is -2.03. The first-order valence-corrected chi connectivity index (χ1v) is 9.29. The zero-order chi connectivity index (χ0) is 17.2. The van der Waals surface area contributed by atoms with Gasteiger partial charge in [0.25, 0.3) is 0 Å². The van der Waals surface area contributed by atoms with Crippen LogP contribution in [0.15, 0.2) is 56.6 Å². The highest BCUT2D eigenvalue weighted by Gasteiger charge is 2.18. The molecule has 0 aliphatic carbocycles. The second-order valence-corrected chi connectivity index (χ2v) is 7.52. The summed E-state index contributed by atoms with van der Waals surface area (Å²) in [6.07, 6.45) is 1.67. The minimum absolute atomic E-state index is 0.559. The Labute approximate surface area is 153 Å². The van der Waals surface area contributed by atoms with Gasteiger partial charge in [-0.15, -0.1) is 10.2 Å². The average molecular weight is 369 g/mol. The van der Waals surface area contributed by atoms with Crippen molar-refractivity contribution in [2.24, 2.45) is 0 Å². The van der Waals surface area contributed by atoms with Gasteiger partial charge >= 0.3 is 0 Å². The van der Waals surface area contributed by atoms with E-state index in [9.17, 15) is 0 Å². The Morgan fingerprint density at radius 1 is 1.16 bits per heavy atom. The van der Waals surface area contributed by atoms with Crippen LogP contribution in [0.2, 0.25) is 0 Å². The normalized spacial score (nSPS) is 11.1. The topological polar surface area (TPSA) is 69.6 Å². The molecule has 0 N–H and O–H groups in total. The summed E-state index contributed by atoms with van der Waals surface area (Å²) in [5.41, 5.74) is 2.21. The Hall–Kier alpha value is -2.45. The van der Waals surface area contributed by atoms with E-state index in [1.165, 1.54) is 28.9 Å². The molecule has 0 saturated carbocycles. The van der Waals surface area contributed by atoms with Crippen molar-refractivity contribution < 1.29 is 4.42 Å². The van der Waals surface area contributed by atoms with E-state index in [0.717, 1.165) is 32.5 Å². The number of rotatable bonds is 5. The van der Waals surface area contributed by atoms with Crippen molar-refractivity contribution in [1.82, 2.24) is 24.1 Å². The van der Waals surface area contributed by atoms with Crippen LogP contribution in [0, 0.1) is 13.8 Å². The van der Waals surface area contributed by atoms with Gasteiger partial charge in [0.15, 0.2) is 15.3 Å². The lowest BCUT2D eigenvalue weighted by atomic mass is 10.1. The largest absolute Gasteiger partial charge is 0.467 e. The molecule has 0 radical (unpaired) electrons. The number of aromatic nitrogens is 5. The van der Waals surface area contributed by atoms with Crippen molar-refractivity contribution in [3.8, 4) is 11.4 Å². The summed E-state index contributed by atoms with van der Waals surface area (Å²) in [5, 5.41) is 9.57. The van der Waals surface area contributed by atoms with Crippen LogP contribution >= 0.6 is 23.3 Å². The summed E-state index contributed by atoms with van der Waals surface area (Å²) >= 11 is 2.84. The highest BCUT2D eigenvalue weighted by molar-refractivity contribution is 8.00. The summed E-state index contributed by atoms with van der Waals surface area (Å²) in [6.45, 7) is 4.51. The van der Waals surface area contributed by atoms with E-state index in [1.807, 2.05) is 31.2 Å². The maximum Gasteiger partial charge on any atom is 0.199 e. The van der Waals surface area contributed by atoms with Gasteiger partial charge in [0.2, 0.25) is 0 Å². The number of benzene rings is 1. The zero-order valence-electron chi connectivity index (χ0n) is 13.7. The molecule has 4 aromatic rings. The fourth-order valence-electron chi connectivity index (χ4n) is 2.46. The van der Waals surface area contributed by atoms with Crippen LogP contribution in [-0.2, 0) is 6.54 Å². The van der Waals surface area contributed by atoms with Crippen LogP contribution in [0.5, 0.6) is 0 Å². The predicted octanol–water partition coefficient (Wildman–Crippen LogP) is 4.21. The van der Waals surface area contributed by atoms with Crippen LogP contribution in [0.4, 0.5) is 0 Å². The molecule has 0 unspecified atom stereocenters. The van der Waals surface area contributed by atoms with Gasteiger partial charge in [0.1, 0.15) is 11.6 Å². The molecule has 3 heterocycles.